The van der Waals surface area contributed by atoms with Gasteiger partial charge in [-0.2, -0.15) is 0 Å². The lowest BCUT2D eigenvalue weighted by molar-refractivity contribution is -0.142. The molecule has 0 spiro atoms. The van der Waals surface area contributed by atoms with Crippen molar-refractivity contribution in [2.45, 2.75) is 38.6 Å². The van der Waals surface area contributed by atoms with E-state index in [4.69, 9.17) is 4.74 Å². The van der Waals surface area contributed by atoms with Gasteiger partial charge in [0.05, 0.1) is 6.10 Å². The normalized spacial score (nSPS) is 13.5. The molecule has 0 amide bonds. The molecule has 3 nitrogen and oxygen atoms in total. The first-order chi connectivity index (χ1) is 5.85. The lowest BCUT2D eigenvalue weighted by Crippen LogP contribution is -2.27. The van der Waals surface area contributed by atoms with Gasteiger partial charge in [0.15, 0.2) is 8.32 Å². The molecule has 0 fully saturated rings. The van der Waals surface area contributed by atoms with Crippen LogP contribution in [-0.4, -0.2) is 25.2 Å². The topological polar surface area (TPSA) is 46.5 Å². The highest BCUT2D eigenvalue weighted by atomic mass is 28.4. The molecule has 0 aromatic rings. The summed E-state index contributed by atoms with van der Waals surface area (Å²) in [5, 5.41) is 0. The van der Waals surface area contributed by atoms with Crippen molar-refractivity contribution in [3.63, 3.8) is 0 Å². The molecule has 1 unspecified atom stereocenters. The fourth-order valence-corrected chi connectivity index (χ4v) is 1.97. The van der Waals surface area contributed by atoms with Gasteiger partial charge in [-0.1, -0.05) is 6.58 Å². The van der Waals surface area contributed by atoms with Gasteiger partial charge >= 0.3 is 5.97 Å². The van der Waals surface area contributed by atoms with Crippen LogP contribution in [0.4, 0.5) is 0 Å². The number of ether oxygens (including phenoxy) is 1. The first-order valence-electron chi connectivity index (χ1n) is 4.40. The summed E-state index contributed by atoms with van der Waals surface area (Å²) in [5.74, 6) is -0.398. The Morgan fingerprint density at radius 1 is 1.69 bits per heavy atom. The second-order valence-corrected chi connectivity index (χ2v) is 7.93. The molecule has 1 N–H and O–H groups in total. The first-order valence-corrected chi connectivity index (χ1v) is 7.56. The predicted octanol–water partition coefficient (Wildman–Crippen LogP) is 1.69. The van der Waals surface area contributed by atoms with Crippen molar-refractivity contribution < 1.29 is 14.3 Å². The van der Waals surface area contributed by atoms with E-state index in [0.29, 0.717) is 0 Å². The molecule has 0 aliphatic rings. The Bertz CT molecular complexity index is 184. The van der Waals surface area contributed by atoms with Crippen molar-refractivity contribution in [2.75, 3.05) is 0 Å². The summed E-state index contributed by atoms with van der Waals surface area (Å²) in [6.45, 7) is 8.87. The average Bonchev–Trinajstić information content (AvgIpc) is 1.99. The summed E-state index contributed by atoms with van der Waals surface area (Å²) >= 11 is 0. The molecule has 0 aliphatic carbocycles. The lowest BCUT2D eigenvalue weighted by Gasteiger charge is -2.17. The molecule has 0 aliphatic heterocycles. The molecule has 13 heavy (non-hydrogen) atoms. The minimum absolute atomic E-state index is 0.135. The minimum atomic E-state index is -2.00. The summed E-state index contributed by atoms with van der Waals surface area (Å²) in [6, 6.07) is 0.749. The third kappa shape index (κ3) is 7.74. The van der Waals surface area contributed by atoms with Crippen LogP contribution in [0.5, 0.6) is 0 Å². The number of carbonyl (C=O) groups excluding carboxylic acids is 1. The van der Waals surface area contributed by atoms with Gasteiger partial charge in [-0.3, -0.25) is 0 Å². The van der Waals surface area contributed by atoms with Crippen LogP contribution in [-0.2, 0) is 9.53 Å². The van der Waals surface area contributed by atoms with E-state index in [9.17, 15) is 9.59 Å². The smallest absolute Gasteiger partial charge is 0.330 e. The highest BCUT2D eigenvalue weighted by molar-refractivity contribution is 6.69. The van der Waals surface area contributed by atoms with Gasteiger partial charge in [0.1, 0.15) is 0 Å². The Balaban J connectivity index is 3.69. The van der Waals surface area contributed by atoms with Crippen LogP contribution in [0.3, 0.4) is 0 Å². The summed E-state index contributed by atoms with van der Waals surface area (Å²) in [4.78, 5) is 20.3. The zero-order chi connectivity index (χ0) is 10.5. The standard InChI is InChI=1S/C9H18O3Si/c1-5-9(10)12-8(2)6-7-13(3,4)11/h5,8,11H,1,6-7H2,2-4H3. The van der Waals surface area contributed by atoms with Crippen molar-refractivity contribution in [2.24, 2.45) is 0 Å². The molecule has 0 saturated carbocycles. The molecule has 0 bridgehead atoms. The van der Waals surface area contributed by atoms with E-state index in [1.807, 2.05) is 20.0 Å². The highest BCUT2D eigenvalue weighted by Crippen LogP contribution is 2.12. The Labute approximate surface area is 80.5 Å². The molecule has 0 heterocycles. The Morgan fingerprint density at radius 3 is 2.62 bits per heavy atom. The van der Waals surface area contributed by atoms with E-state index < -0.39 is 14.3 Å². The molecular formula is C9H18O3Si. The lowest BCUT2D eigenvalue weighted by atomic mass is 10.3. The number of hydrogen-bond acceptors (Lipinski definition) is 3. The maximum Gasteiger partial charge on any atom is 0.330 e. The second-order valence-electron chi connectivity index (χ2n) is 3.80. The fraction of sp³-hybridized carbons (Fsp3) is 0.667. The predicted molar refractivity (Wildman–Crippen MR) is 54.9 cm³/mol. The largest absolute Gasteiger partial charge is 0.460 e. The zero-order valence-electron chi connectivity index (χ0n) is 8.54. The second kappa shape index (κ2) is 5.19. The summed E-state index contributed by atoms with van der Waals surface area (Å²) in [6.07, 6.45) is 1.73. The number of carbonyl (C=O) groups is 1. The van der Waals surface area contributed by atoms with E-state index in [2.05, 4.69) is 6.58 Å². The summed E-state index contributed by atoms with van der Waals surface area (Å²) < 4.78 is 4.95. The van der Waals surface area contributed by atoms with Crippen LogP contribution < -0.4 is 0 Å². The Morgan fingerprint density at radius 2 is 2.23 bits per heavy atom. The van der Waals surface area contributed by atoms with Crippen LogP contribution in [0.1, 0.15) is 13.3 Å². The van der Waals surface area contributed by atoms with Crippen LogP contribution in [0.2, 0.25) is 19.1 Å². The van der Waals surface area contributed by atoms with E-state index in [1.165, 1.54) is 0 Å². The quantitative estimate of drug-likeness (QED) is 0.419. The van der Waals surface area contributed by atoms with Crippen molar-refractivity contribution in [1.29, 1.82) is 0 Å². The van der Waals surface area contributed by atoms with Crippen LogP contribution in [0.15, 0.2) is 12.7 Å². The first kappa shape index (κ1) is 12.4. The van der Waals surface area contributed by atoms with Gasteiger partial charge in [0, 0.05) is 6.08 Å². The SMILES string of the molecule is C=CC(=O)OC(C)CC[Si](C)(C)O. The van der Waals surface area contributed by atoms with E-state index in [-0.39, 0.29) is 6.10 Å². The maximum atomic E-state index is 10.8. The fourth-order valence-electron chi connectivity index (χ4n) is 0.862. The van der Waals surface area contributed by atoms with E-state index >= 15 is 0 Å². The number of hydrogen-bond donors (Lipinski definition) is 1. The van der Waals surface area contributed by atoms with Gasteiger partial charge in [-0.25, -0.2) is 4.79 Å². The molecule has 0 saturated heterocycles. The Kier molecular flexibility index (Phi) is 4.94. The molecule has 4 heteroatoms. The average molecular weight is 202 g/mol. The van der Waals surface area contributed by atoms with Crippen LogP contribution in [0, 0.1) is 0 Å². The minimum Gasteiger partial charge on any atom is -0.460 e. The molecular weight excluding hydrogens is 184 g/mol. The van der Waals surface area contributed by atoms with Crippen molar-refractivity contribution in [3.8, 4) is 0 Å². The van der Waals surface area contributed by atoms with Gasteiger partial charge in [0.25, 0.3) is 0 Å². The van der Waals surface area contributed by atoms with Gasteiger partial charge < -0.3 is 9.53 Å². The van der Waals surface area contributed by atoms with Crippen LogP contribution in [0.25, 0.3) is 0 Å². The van der Waals surface area contributed by atoms with Crippen molar-refractivity contribution in [1.82, 2.24) is 0 Å². The maximum absolute atomic E-state index is 10.8. The van der Waals surface area contributed by atoms with Gasteiger partial charge in [-0.05, 0) is 32.5 Å². The van der Waals surface area contributed by atoms with Gasteiger partial charge in [0.2, 0.25) is 0 Å². The molecule has 0 aromatic heterocycles. The third-order valence-corrected chi connectivity index (χ3v) is 3.16. The van der Waals surface area contributed by atoms with Crippen molar-refractivity contribution in [3.05, 3.63) is 12.7 Å². The summed E-state index contributed by atoms with van der Waals surface area (Å²) in [7, 11) is -2.00. The Hall–Kier alpha value is -0.613. The summed E-state index contributed by atoms with van der Waals surface area (Å²) in [5.41, 5.74) is 0. The molecule has 0 aromatic carbocycles. The molecule has 0 radical (unpaired) electrons. The zero-order valence-corrected chi connectivity index (χ0v) is 9.54. The van der Waals surface area contributed by atoms with Crippen LogP contribution >= 0.6 is 0 Å². The monoisotopic (exact) mass is 202 g/mol. The molecule has 0 rings (SSSR count). The number of esters is 1. The molecule has 76 valence electrons. The highest BCUT2D eigenvalue weighted by Gasteiger charge is 2.18. The van der Waals surface area contributed by atoms with E-state index in [0.717, 1.165) is 18.5 Å². The number of rotatable bonds is 5. The van der Waals surface area contributed by atoms with Crippen molar-refractivity contribution >= 4 is 14.3 Å². The third-order valence-electron chi connectivity index (χ3n) is 1.65. The van der Waals surface area contributed by atoms with E-state index in [1.54, 1.807) is 0 Å². The van der Waals surface area contributed by atoms with Gasteiger partial charge in [-0.15, -0.1) is 0 Å². The molecule has 1 atom stereocenters.